The quantitative estimate of drug-likeness (QED) is 0.777. The Morgan fingerprint density at radius 1 is 1.36 bits per heavy atom. The molecule has 0 saturated heterocycles. The van der Waals surface area contributed by atoms with Crippen molar-refractivity contribution in [3.05, 3.63) is 18.1 Å². The molecule has 14 heavy (non-hydrogen) atoms. The minimum atomic E-state index is 0.472. The van der Waals surface area contributed by atoms with Gasteiger partial charge in [-0.05, 0) is 0 Å². The molecule has 0 atom stereocenters. The number of nitrogens with one attached hydrogen (secondary N) is 1. The molecule has 1 aromatic heterocycles. The molecule has 0 aromatic carbocycles. The number of nitrogens with zero attached hydrogens (tertiary/aromatic N) is 3. The summed E-state index contributed by atoms with van der Waals surface area (Å²) in [7, 11) is 3.92. The third-order valence-electron chi connectivity index (χ3n) is 1.82. The zero-order valence-corrected chi connectivity index (χ0v) is 9.28. The first-order valence-corrected chi connectivity index (χ1v) is 4.81. The van der Waals surface area contributed by atoms with E-state index in [9.17, 15) is 0 Å². The summed E-state index contributed by atoms with van der Waals surface area (Å²) in [5.74, 6) is 0.896. The lowest BCUT2D eigenvalue weighted by Crippen LogP contribution is -2.23. The van der Waals surface area contributed by atoms with E-state index >= 15 is 0 Å². The maximum Gasteiger partial charge on any atom is 0.146 e. The van der Waals surface area contributed by atoms with Gasteiger partial charge in [-0.3, -0.25) is 4.98 Å². The third-order valence-corrected chi connectivity index (χ3v) is 1.82. The van der Waals surface area contributed by atoms with Gasteiger partial charge in [-0.2, -0.15) is 0 Å². The van der Waals surface area contributed by atoms with Gasteiger partial charge in [0.25, 0.3) is 0 Å². The fraction of sp³-hybridized carbons (Fsp3) is 0.600. The van der Waals surface area contributed by atoms with Gasteiger partial charge in [-0.15, -0.1) is 0 Å². The van der Waals surface area contributed by atoms with Crippen LogP contribution in [0.3, 0.4) is 0 Å². The van der Waals surface area contributed by atoms with Crippen LogP contribution in [0.25, 0.3) is 0 Å². The van der Waals surface area contributed by atoms with Crippen LogP contribution in [0.2, 0.25) is 0 Å². The molecule has 4 nitrogen and oxygen atoms in total. The fourth-order valence-electron chi connectivity index (χ4n) is 1.00. The van der Waals surface area contributed by atoms with Crippen LogP contribution in [0, 0.1) is 0 Å². The van der Waals surface area contributed by atoms with Gasteiger partial charge in [0.15, 0.2) is 0 Å². The monoisotopic (exact) mass is 194 g/mol. The molecular weight excluding hydrogens is 176 g/mol. The number of aromatic nitrogens is 2. The van der Waals surface area contributed by atoms with Gasteiger partial charge in [0.2, 0.25) is 0 Å². The molecule has 0 aliphatic carbocycles. The Hall–Kier alpha value is -1.16. The van der Waals surface area contributed by atoms with Gasteiger partial charge >= 0.3 is 0 Å². The first-order valence-electron chi connectivity index (χ1n) is 4.81. The molecule has 78 valence electrons. The van der Waals surface area contributed by atoms with Crippen molar-refractivity contribution < 1.29 is 0 Å². The topological polar surface area (TPSA) is 41.1 Å². The molecule has 1 N–H and O–H groups in total. The summed E-state index contributed by atoms with van der Waals surface area (Å²) in [5, 5.41) is 3.31. The summed E-state index contributed by atoms with van der Waals surface area (Å²) < 4.78 is 0. The zero-order valence-electron chi connectivity index (χ0n) is 9.28. The van der Waals surface area contributed by atoms with E-state index in [0.29, 0.717) is 6.04 Å². The molecule has 0 amide bonds. The van der Waals surface area contributed by atoms with Crippen LogP contribution in [-0.4, -0.2) is 30.1 Å². The van der Waals surface area contributed by atoms with E-state index in [0.717, 1.165) is 18.1 Å². The predicted octanol–water partition coefficient (Wildman–Crippen LogP) is 1.04. The highest BCUT2D eigenvalue weighted by Gasteiger charge is 2.00. The van der Waals surface area contributed by atoms with E-state index < -0.39 is 0 Å². The van der Waals surface area contributed by atoms with Crippen LogP contribution in [0.4, 0.5) is 5.82 Å². The van der Waals surface area contributed by atoms with Crippen LogP contribution in [0.15, 0.2) is 12.4 Å². The average Bonchev–Trinajstić information content (AvgIpc) is 2.15. The fourth-order valence-corrected chi connectivity index (χ4v) is 1.00. The smallest absolute Gasteiger partial charge is 0.146 e. The first-order chi connectivity index (χ1) is 6.59. The molecule has 1 heterocycles. The lowest BCUT2D eigenvalue weighted by molar-refractivity contribution is 0.580. The number of anilines is 1. The van der Waals surface area contributed by atoms with Crippen molar-refractivity contribution >= 4 is 5.82 Å². The van der Waals surface area contributed by atoms with E-state index in [4.69, 9.17) is 0 Å². The summed E-state index contributed by atoms with van der Waals surface area (Å²) in [6.07, 6.45) is 3.56. The maximum atomic E-state index is 4.45. The van der Waals surface area contributed by atoms with Gasteiger partial charge in [0.05, 0.1) is 11.9 Å². The molecular formula is C10H18N4. The molecule has 0 unspecified atom stereocenters. The predicted molar refractivity (Wildman–Crippen MR) is 58.3 cm³/mol. The van der Waals surface area contributed by atoms with E-state index in [1.807, 2.05) is 19.0 Å². The summed E-state index contributed by atoms with van der Waals surface area (Å²) >= 11 is 0. The van der Waals surface area contributed by atoms with Gasteiger partial charge < -0.3 is 10.2 Å². The molecule has 1 aromatic rings. The minimum Gasteiger partial charge on any atom is -0.361 e. The second-order valence-electron chi connectivity index (χ2n) is 3.80. The van der Waals surface area contributed by atoms with E-state index in [1.54, 1.807) is 12.4 Å². The molecule has 0 fully saturated rings. The average molecular weight is 194 g/mol. The first kappa shape index (κ1) is 10.9. The van der Waals surface area contributed by atoms with Crippen molar-refractivity contribution in [2.45, 2.75) is 26.4 Å². The number of rotatable bonds is 4. The standard InChI is InChI=1S/C10H18N4/c1-8(2)12-6-9-5-11-7-10(13-9)14(3)4/h5,7-8,12H,6H2,1-4H3. The highest BCUT2D eigenvalue weighted by atomic mass is 15.1. The summed E-state index contributed by atoms with van der Waals surface area (Å²) in [6.45, 7) is 5.00. The van der Waals surface area contributed by atoms with Crippen molar-refractivity contribution in [2.75, 3.05) is 19.0 Å². The molecule has 0 bridgehead atoms. The van der Waals surface area contributed by atoms with Crippen LogP contribution in [0.1, 0.15) is 19.5 Å². The molecule has 0 aliphatic rings. The molecule has 0 saturated carbocycles. The summed E-state index contributed by atoms with van der Waals surface area (Å²) in [5.41, 5.74) is 0.977. The van der Waals surface area contributed by atoms with E-state index in [2.05, 4.69) is 29.1 Å². The van der Waals surface area contributed by atoms with Crippen LogP contribution in [0.5, 0.6) is 0 Å². The van der Waals surface area contributed by atoms with Crippen LogP contribution in [-0.2, 0) is 6.54 Å². The van der Waals surface area contributed by atoms with Gasteiger partial charge in [-0.1, -0.05) is 13.8 Å². The SMILES string of the molecule is CC(C)NCc1cncc(N(C)C)n1. The Balaban J connectivity index is 2.64. The molecule has 4 heteroatoms. The largest absolute Gasteiger partial charge is 0.361 e. The second kappa shape index (κ2) is 4.91. The highest BCUT2D eigenvalue weighted by molar-refractivity contribution is 5.33. The lowest BCUT2D eigenvalue weighted by Gasteiger charge is -2.12. The lowest BCUT2D eigenvalue weighted by atomic mass is 10.3. The summed E-state index contributed by atoms with van der Waals surface area (Å²) in [4.78, 5) is 10.5. The van der Waals surface area contributed by atoms with Crippen LogP contribution >= 0.6 is 0 Å². The van der Waals surface area contributed by atoms with Crippen molar-refractivity contribution in [1.29, 1.82) is 0 Å². The molecule has 0 spiro atoms. The Morgan fingerprint density at radius 2 is 2.07 bits per heavy atom. The van der Waals surface area contributed by atoms with Crippen molar-refractivity contribution in [3.63, 3.8) is 0 Å². The second-order valence-corrected chi connectivity index (χ2v) is 3.80. The highest BCUT2D eigenvalue weighted by Crippen LogP contribution is 2.04. The van der Waals surface area contributed by atoms with Gasteiger partial charge in [0, 0.05) is 32.9 Å². The molecule has 0 radical (unpaired) electrons. The van der Waals surface area contributed by atoms with Crippen molar-refractivity contribution in [3.8, 4) is 0 Å². The summed E-state index contributed by atoms with van der Waals surface area (Å²) in [6, 6.07) is 0.472. The Labute approximate surface area is 85.4 Å². The van der Waals surface area contributed by atoms with Crippen LogP contribution < -0.4 is 10.2 Å². The van der Waals surface area contributed by atoms with E-state index in [1.165, 1.54) is 0 Å². The molecule has 0 aliphatic heterocycles. The van der Waals surface area contributed by atoms with Gasteiger partial charge in [-0.25, -0.2) is 4.98 Å². The third kappa shape index (κ3) is 3.30. The maximum absolute atomic E-state index is 4.45. The number of hydrogen-bond acceptors (Lipinski definition) is 4. The number of hydrogen-bond donors (Lipinski definition) is 1. The Bertz CT molecular complexity index is 283. The normalized spacial score (nSPS) is 10.6. The molecule has 1 rings (SSSR count). The van der Waals surface area contributed by atoms with Crippen molar-refractivity contribution in [1.82, 2.24) is 15.3 Å². The van der Waals surface area contributed by atoms with Gasteiger partial charge in [0.1, 0.15) is 5.82 Å². The van der Waals surface area contributed by atoms with Crippen molar-refractivity contribution in [2.24, 2.45) is 0 Å². The minimum absolute atomic E-state index is 0.472. The Kier molecular flexibility index (Phi) is 3.83. The zero-order chi connectivity index (χ0) is 10.6. The Morgan fingerprint density at radius 3 is 2.64 bits per heavy atom. The van der Waals surface area contributed by atoms with E-state index in [-0.39, 0.29) is 0 Å².